The summed E-state index contributed by atoms with van der Waals surface area (Å²) in [5, 5.41) is 19.4. The van der Waals surface area contributed by atoms with Crippen LogP contribution in [0.25, 0.3) is 22.2 Å². The van der Waals surface area contributed by atoms with E-state index in [0.717, 1.165) is 34.3 Å². The zero-order valence-electron chi connectivity index (χ0n) is 12.0. The lowest BCUT2D eigenvalue weighted by Crippen LogP contribution is -2.08. The van der Waals surface area contributed by atoms with E-state index in [1.165, 1.54) is 0 Å². The van der Waals surface area contributed by atoms with E-state index in [-0.39, 0.29) is 0 Å². The fourth-order valence-corrected chi connectivity index (χ4v) is 2.26. The highest BCUT2D eigenvalue weighted by molar-refractivity contribution is 6.03. The normalized spacial score (nSPS) is 11.0. The van der Waals surface area contributed by atoms with Crippen molar-refractivity contribution in [3.05, 3.63) is 60.7 Å². The molecule has 1 amide bonds. The van der Waals surface area contributed by atoms with E-state index in [0.29, 0.717) is 5.69 Å². The minimum Gasteiger partial charge on any atom is -0.478 e. The number of carboxylic acid groups (broad SMARTS) is 1. The van der Waals surface area contributed by atoms with Gasteiger partial charge < -0.3 is 10.4 Å². The van der Waals surface area contributed by atoms with Crippen LogP contribution in [0.15, 0.2) is 60.7 Å². The number of nitrogens with zero attached hydrogens (tertiary/aromatic N) is 1. The largest absolute Gasteiger partial charge is 0.478 e. The van der Waals surface area contributed by atoms with E-state index >= 15 is 0 Å². The van der Waals surface area contributed by atoms with Crippen molar-refractivity contribution in [3.63, 3.8) is 0 Å². The van der Waals surface area contributed by atoms with Crippen LogP contribution in [0.1, 0.15) is 0 Å². The van der Waals surface area contributed by atoms with Gasteiger partial charge in [-0.1, -0.05) is 30.3 Å². The fourth-order valence-electron chi connectivity index (χ4n) is 2.26. The number of aromatic amines is 1. The maximum absolute atomic E-state index is 11.6. The Kier molecular flexibility index (Phi) is 3.88. The minimum atomic E-state index is -1.17. The third kappa shape index (κ3) is 3.26. The number of H-pyrrole nitrogens is 1. The van der Waals surface area contributed by atoms with Crippen molar-refractivity contribution in [1.29, 1.82) is 0 Å². The number of carbonyl (C=O) groups is 2. The summed E-state index contributed by atoms with van der Waals surface area (Å²) in [4.78, 5) is 22.1. The van der Waals surface area contributed by atoms with Crippen molar-refractivity contribution in [2.45, 2.75) is 0 Å². The Labute approximate surface area is 131 Å². The van der Waals surface area contributed by atoms with Crippen LogP contribution in [0.5, 0.6) is 0 Å². The van der Waals surface area contributed by atoms with Gasteiger partial charge in [0.05, 0.1) is 11.2 Å². The number of fused-ring (bicyclic) bond motifs is 1. The highest BCUT2D eigenvalue weighted by Crippen LogP contribution is 2.27. The molecule has 1 aromatic heterocycles. The number of benzene rings is 2. The van der Waals surface area contributed by atoms with Crippen molar-refractivity contribution in [2.75, 3.05) is 5.32 Å². The number of carboxylic acids is 1. The van der Waals surface area contributed by atoms with Gasteiger partial charge in [-0.15, -0.1) is 0 Å². The first-order chi connectivity index (χ1) is 11.1. The van der Waals surface area contributed by atoms with Crippen LogP contribution < -0.4 is 5.32 Å². The molecule has 0 saturated carbocycles. The number of hydrogen-bond acceptors (Lipinski definition) is 3. The van der Waals surface area contributed by atoms with Crippen molar-refractivity contribution >= 4 is 28.5 Å². The monoisotopic (exact) mass is 307 g/mol. The van der Waals surface area contributed by atoms with E-state index in [2.05, 4.69) is 15.5 Å². The lowest BCUT2D eigenvalue weighted by atomic mass is 10.1. The van der Waals surface area contributed by atoms with Gasteiger partial charge in [0.2, 0.25) is 5.91 Å². The molecule has 0 aliphatic carbocycles. The first-order valence-corrected chi connectivity index (χ1v) is 6.89. The van der Waals surface area contributed by atoms with Gasteiger partial charge in [-0.3, -0.25) is 9.89 Å². The predicted octanol–water partition coefficient (Wildman–Crippen LogP) is 2.81. The maximum atomic E-state index is 11.6. The second-order valence-corrected chi connectivity index (χ2v) is 4.86. The maximum Gasteiger partial charge on any atom is 0.328 e. The molecule has 6 nitrogen and oxygen atoms in total. The summed E-state index contributed by atoms with van der Waals surface area (Å²) in [7, 11) is 0. The molecule has 0 aliphatic heterocycles. The Morgan fingerprint density at radius 2 is 1.91 bits per heavy atom. The van der Waals surface area contributed by atoms with Gasteiger partial charge in [0.25, 0.3) is 0 Å². The van der Waals surface area contributed by atoms with Crippen molar-refractivity contribution in [2.24, 2.45) is 0 Å². The van der Waals surface area contributed by atoms with Crippen LogP contribution >= 0.6 is 0 Å². The number of aromatic nitrogens is 2. The summed E-state index contributed by atoms with van der Waals surface area (Å²) >= 11 is 0. The van der Waals surface area contributed by atoms with Gasteiger partial charge >= 0.3 is 5.97 Å². The molecule has 0 atom stereocenters. The number of nitrogens with one attached hydrogen (secondary N) is 2. The molecule has 0 saturated heterocycles. The number of aliphatic carboxylic acids is 1. The number of rotatable bonds is 4. The highest BCUT2D eigenvalue weighted by Gasteiger charge is 2.08. The number of amides is 1. The molecule has 0 bridgehead atoms. The van der Waals surface area contributed by atoms with Gasteiger partial charge in [0.1, 0.15) is 0 Å². The summed E-state index contributed by atoms with van der Waals surface area (Å²) in [6.07, 6.45) is 1.76. The molecule has 114 valence electrons. The van der Waals surface area contributed by atoms with Crippen LogP contribution in [0.2, 0.25) is 0 Å². The molecule has 3 N–H and O–H groups in total. The number of anilines is 1. The summed E-state index contributed by atoms with van der Waals surface area (Å²) < 4.78 is 0. The molecule has 0 fully saturated rings. The summed E-state index contributed by atoms with van der Waals surface area (Å²) in [6, 6.07) is 15.0. The van der Waals surface area contributed by atoms with E-state index in [9.17, 15) is 9.59 Å². The molecule has 23 heavy (non-hydrogen) atoms. The highest BCUT2D eigenvalue weighted by atomic mass is 16.4. The minimum absolute atomic E-state index is 0.503. The van der Waals surface area contributed by atoms with Crippen LogP contribution in [-0.4, -0.2) is 27.2 Å². The first-order valence-electron chi connectivity index (χ1n) is 6.89. The molecule has 0 unspecified atom stereocenters. The Balaban J connectivity index is 1.88. The van der Waals surface area contributed by atoms with Crippen LogP contribution in [0.4, 0.5) is 5.69 Å². The van der Waals surface area contributed by atoms with E-state index < -0.39 is 11.9 Å². The second kappa shape index (κ2) is 6.15. The Morgan fingerprint density at radius 1 is 1.09 bits per heavy atom. The molecule has 0 aliphatic rings. The van der Waals surface area contributed by atoms with Gasteiger partial charge in [-0.2, -0.15) is 5.10 Å². The number of hydrogen-bond donors (Lipinski definition) is 3. The Hall–Kier alpha value is -3.41. The molecule has 0 radical (unpaired) electrons. The van der Waals surface area contributed by atoms with Gasteiger partial charge in [-0.05, 0) is 18.2 Å². The number of para-hydroxylation sites is 1. The molecule has 2 aromatic carbocycles. The smallest absolute Gasteiger partial charge is 0.328 e. The molecule has 6 heteroatoms. The molecule has 1 heterocycles. The zero-order valence-corrected chi connectivity index (χ0v) is 12.0. The Morgan fingerprint density at radius 3 is 2.74 bits per heavy atom. The van der Waals surface area contributed by atoms with E-state index in [4.69, 9.17) is 5.11 Å². The van der Waals surface area contributed by atoms with Crippen LogP contribution in [0, 0.1) is 0 Å². The third-order valence-corrected chi connectivity index (χ3v) is 3.25. The lowest BCUT2D eigenvalue weighted by molar-refractivity contribution is -0.131. The van der Waals surface area contributed by atoms with E-state index in [1.54, 1.807) is 18.2 Å². The predicted molar refractivity (Wildman–Crippen MR) is 86.9 cm³/mol. The van der Waals surface area contributed by atoms with Gasteiger partial charge in [-0.25, -0.2) is 4.79 Å². The van der Waals surface area contributed by atoms with Crippen molar-refractivity contribution in [1.82, 2.24) is 10.2 Å². The average Bonchev–Trinajstić information content (AvgIpc) is 2.97. The van der Waals surface area contributed by atoms with Crippen LogP contribution in [-0.2, 0) is 9.59 Å². The SMILES string of the molecule is O=C(O)/C=C/C(=O)Nc1cccc(-c2n[nH]c3ccccc23)c1. The van der Waals surface area contributed by atoms with Gasteiger partial charge in [0.15, 0.2) is 0 Å². The molecular weight excluding hydrogens is 294 g/mol. The fraction of sp³-hybridized carbons (Fsp3) is 0. The first kappa shape index (κ1) is 14.5. The number of carbonyl (C=O) groups excluding carboxylic acids is 1. The van der Waals surface area contributed by atoms with E-state index in [1.807, 2.05) is 30.3 Å². The van der Waals surface area contributed by atoms with Crippen LogP contribution in [0.3, 0.4) is 0 Å². The molecule has 3 rings (SSSR count). The summed E-state index contributed by atoms with van der Waals surface area (Å²) in [5.74, 6) is -1.67. The quantitative estimate of drug-likeness (QED) is 0.646. The third-order valence-electron chi connectivity index (χ3n) is 3.25. The summed E-state index contributed by atoms with van der Waals surface area (Å²) in [6.45, 7) is 0. The zero-order chi connectivity index (χ0) is 16.2. The van der Waals surface area contributed by atoms with Crippen molar-refractivity contribution < 1.29 is 14.7 Å². The lowest BCUT2D eigenvalue weighted by Gasteiger charge is -2.04. The standard InChI is InChI=1S/C17H13N3O3/c21-15(8-9-16(22)23)18-12-5-3-4-11(10-12)17-13-6-1-2-7-14(13)19-20-17/h1-10H,(H,18,21)(H,19,20)(H,22,23)/b9-8+. The molecule has 0 spiro atoms. The second-order valence-electron chi connectivity index (χ2n) is 4.86. The Bertz CT molecular complexity index is 912. The topological polar surface area (TPSA) is 95.1 Å². The molecule has 3 aromatic rings. The summed E-state index contributed by atoms with van der Waals surface area (Å²) in [5.41, 5.74) is 3.14. The average molecular weight is 307 g/mol. The van der Waals surface area contributed by atoms with Gasteiger partial charge in [0, 0.05) is 28.8 Å². The molecular formula is C17H13N3O3. The van der Waals surface area contributed by atoms with Crippen molar-refractivity contribution in [3.8, 4) is 11.3 Å².